The molecule has 0 spiro atoms. The first-order valence-corrected chi connectivity index (χ1v) is 6.46. The number of anilines is 2. The first-order valence-electron chi connectivity index (χ1n) is 6.46. The molecule has 0 heterocycles. The lowest BCUT2D eigenvalue weighted by Gasteiger charge is -2.06. The highest BCUT2D eigenvalue weighted by molar-refractivity contribution is 5.90. The van der Waals surface area contributed by atoms with Crippen LogP contribution in [0.1, 0.15) is 12.0 Å². The second-order valence-electron chi connectivity index (χ2n) is 4.52. The zero-order valence-corrected chi connectivity index (χ0v) is 11.4. The molecule has 104 valence electrons. The molecule has 0 aliphatic heterocycles. The lowest BCUT2D eigenvalue weighted by Crippen LogP contribution is -2.12. The Hall–Kier alpha value is -2.49. The van der Waals surface area contributed by atoms with Crippen molar-refractivity contribution in [3.05, 3.63) is 54.1 Å². The van der Waals surface area contributed by atoms with Crippen LogP contribution in [0.25, 0.3) is 0 Å². The number of amides is 1. The fraction of sp³-hybridized carbons (Fsp3) is 0.188. The number of ether oxygens (including phenoxy) is 1. The molecule has 0 aliphatic rings. The molecule has 1 amide bonds. The molecule has 2 aromatic rings. The van der Waals surface area contributed by atoms with Crippen LogP contribution >= 0.6 is 0 Å². The molecule has 0 aromatic heterocycles. The molecular formula is C16H18N2O2. The van der Waals surface area contributed by atoms with E-state index in [1.165, 1.54) is 0 Å². The predicted molar refractivity (Wildman–Crippen MR) is 80.8 cm³/mol. The molecule has 2 aromatic carbocycles. The number of nitrogens with two attached hydrogens (primary N) is 1. The number of hydrogen-bond donors (Lipinski definition) is 2. The van der Waals surface area contributed by atoms with Crippen molar-refractivity contribution >= 4 is 17.3 Å². The van der Waals surface area contributed by atoms with Gasteiger partial charge in [0.15, 0.2) is 0 Å². The monoisotopic (exact) mass is 270 g/mol. The van der Waals surface area contributed by atoms with Crippen LogP contribution in [0.3, 0.4) is 0 Å². The van der Waals surface area contributed by atoms with Gasteiger partial charge in [0.25, 0.3) is 0 Å². The Balaban J connectivity index is 1.83. The second-order valence-corrected chi connectivity index (χ2v) is 4.52. The zero-order chi connectivity index (χ0) is 14.4. The molecule has 4 nitrogen and oxygen atoms in total. The van der Waals surface area contributed by atoms with Crippen LogP contribution in [-0.4, -0.2) is 13.0 Å². The Bertz CT molecular complexity index is 562. The Labute approximate surface area is 118 Å². The normalized spacial score (nSPS) is 10.1. The van der Waals surface area contributed by atoms with Gasteiger partial charge >= 0.3 is 0 Å². The number of carbonyl (C=O) groups excluding carboxylic acids is 1. The van der Waals surface area contributed by atoms with Crippen molar-refractivity contribution in [2.45, 2.75) is 12.8 Å². The smallest absolute Gasteiger partial charge is 0.224 e. The average molecular weight is 270 g/mol. The van der Waals surface area contributed by atoms with Gasteiger partial charge in [-0.1, -0.05) is 12.1 Å². The van der Waals surface area contributed by atoms with E-state index in [1.54, 1.807) is 31.4 Å². The van der Waals surface area contributed by atoms with Crippen LogP contribution in [0.2, 0.25) is 0 Å². The first kappa shape index (κ1) is 13.9. The largest absolute Gasteiger partial charge is 0.497 e. The molecule has 0 unspecified atom stereocenters. The van der Waals surface area contributed by atoms with Crippen LogP contribution in [0.15, 0.2) is 48.5 Å². The molecular weight excluding hydrogens is 252 g/mol. The summed E-state index contributed by atoms with van der Waals surface area (Å²) in [6.07, 6.45) is 1.14. The van der Waals surface area contributed by atoms with Gasteiger partial charge in [-0.2, -0.15) is 0 Å². The van der Waals surface area contributed by atoms with Crippen molar-refractivity contribution in [2.24, 2.45) is 0 Å². The number of methoxy groups -OCH3 is 1. The van der Waals surface area contributed by atoms with Gasteiger partial charge in [0.2, 0.25) is 5.91 Å². The Morgan fingerprint density at radius 3 is 2.35 bits per heavy atom. The van der Waals surface area contributed by atoms with Crippen LogP contribution in [0, 0.1) is 0 Å². The van der Waals surface area contributed by atoms with Gasteiger partial charge in [0.1, 0.15) is 5.75 Å². The molecule has 0 atom stereocenters. The van der Waals surface area contributed by atoms with E-state index >= 15 is 0 Å². The molecule has 0 saturated carbocycles. The molecule has 0 radical (unpaired) electrons. The average Bonchev–Trinajstić information content (AvgIpc) is 2.48. The third-order valence-corrected chi connectivity index (χ3v) is 2.99. The number of aryl methyl sites for hydroxylation is 1. The Morgan fingerprint density at radius 1 is 1.10 bits per heavy atom. The molecule has 4 heteroatoms. The standard InChI is InChI=1S/C16H18N2O2/c1-20-15-9-2-12(3-10-15)4-11-16(19)18-14-7-5-13(17)6-8-14/h2-3,5-10H,4,11,17H2,1H3,(H,18,19). The first-order chi connectivity index (χ1) is 9.67. The number of rotatable bonds is 5. The molecule has 0 aliphatic carbocycles. The van der Waals surface area contributed by atoms with E-state index in [0.29, 0.717) is 18.5 Å². The highest BCUT2D eigenvalue weighted by atomic mass is 16.5. The topological polar surface area (TPSA) is 64.3 Å². The predicted octanol–water partition coefficient (Wildman–Crippen LogP) is 2.85. The van der Waals surface area contributed by atoms with Crippen LogP contribution in [0.5, 0.6) is 5.75 Å². The number of nitrogens with one attached hydrogen (secondary N) is 1. The van der Waals surface area contributed by atoms with E-state index in [1.807, 2.05) is 24.3 Å². The van der Waals surface area contributed by atoms with Crippen molar-refractivity contribution in [1.29, 1.82) is 0 Å². The summed E-state index contributed by atoms with van der Waals surface area (Å²) in [4.78, 5) is 11.8. The Kier molecular flexibility index (Phi) is 4.60. The summed E-state index contributed by atoms with van der Waals surface area (Å²) in [7, 11) is 1.63. The van der Waals surface area contributed by atoms with Crippen molar-refractivity contribution in [1.82, 2.24) is 0 Å². The molecule has 0 saturated heterocycles. The van der Waals surface area contributed by atoms with Gasteiger partial charge in [-0.05, 0) is 48.4 Å². The van der Waals surface area contributed by atoms with Gasteiger partial charge in [-0.25, -0.2) is 0 Å². The minimum absolute atomic E-state index is 0.00871. The van der Waals surface area contributed by atoms with Gasteiger partial charge < -0.3 is 15.8 Å². The van der Waals surface area contributed by atoms with E-state index in [9.17, 15) is 4.79 Å². The highest BCUT2D eigenvalue weighted by Crippen LogP contribution is 2.14. The van der Waals surface area contributed by atoms with E-state index < -0.39 is 0 Å². The van der Waals surface area contributed by atoms with Crippen molar-refractivity contribution < 1.29 is 9.53 Å². The van der Waals surface area contributed by atoms with Crippen molar-refractivity contribution in [3.63, 3.8) is 0 Å². The van der Waals surface area contributed by atoms with Crippen molar-refractivity contribution in [2.75, 3.05) is 18.2 Å². The van der Waals surface area contributed by atoms with Crippen molar-refractivity contribution in [3.8, 4) is 5.75 Å². The van der Waals surface area contributed by atoms with Gasteiger partial charge in [-0.3, -0.25) is 4.79 Å². The number of nitrogen functional groups attached to an aromatic ring is 1. The molecule has 20 heavy (non-hydrogen) atoms. The van der Waals surface area contributed by atoms with E-state index in [4.69, 9.17) is 10.5 Å². The molecule has 0 bridgehead atoms. The van der Waals surface area contributed by atoms with Crippen LogP contribution < -0.4 is 15.8 Å². The lowest BCUT2D eigenvalue weighted by atomic mass is 10.1. The third-order valence-electron chi connectivity index (χ3n) is 2.99. The van der Waals surface area contributed by atoms with Crippen LogP contribution in [-0.2, 0) is 11.2 Å². The minimum Gasteiger partial charge on any atom is -0.497 e. The molecule has 3 N–H and O–H groups in total. The molecule has 0 fully saturated rings. The SMILES string of the molecule is COc1ccc(CCC(=O)Nc2ccc(N)cc2)cc1. The summed E-state index contributed by atoms with van der Waals surface area (Å²) < 4.78 is 5.09. The summed E-state index contributed by atoms with van der Waals surface area (Å²) in [5, 5.41) is 2.84. The molecule has 2 rings (SSSR count). The number of benzene rings is 2. The summed E-state index contributed by atoms with van der Waals surface area (Å²) in [6.45, 7) is 0. The van der Waals surface area contributed by atoms with Crippen LogP contribution in [0.4, 0.5) is 11.4 Å². The van der Waals surface area contributed by atoms with Gasteiger partial charge in [0, 0.05) is 17.8 Å². The fourth-order valence-corrected chi connectivity index (χ4v) is 1.84. The van der Waals surface area contributed by atoms with Gasteiger partial charge in [0.05, 0.1) is 7.11 Å². The Morgan fingerprint density at radius 2 is 1.75 bits per heavy atom. The van der Waals surface area contributed by atoms with E-state index in [0.717, 1.165) is 17.0 Å². The zero-order valence-electron chi connectivity index (χ0n) is 11.4. The number of carbonyl (C=O) groups is 1. The second kappa shape index (κ2) is 6.61. The quantitative estimate of drug-likeness (QED) is 0.821. The maximum Gasteiger partial charge on any atom is 0.224 e. The maximum atomic E-state index is 11.8. The minimum atomic E-state index is -0.00871. The summed E-state index contributed by atoms with van der Waals surface area (Å²) in [5.41, 5.74) is 8.15. The third kappa shape index (κ3) is 4.02. The summed E-state index contributed by atoms with van der Waals surface area (Å²) >= 11 is 0. The number of hydrogen-bond acceptors (Lipinski definition) is 3. The lowest BCUT2D eigenvalue weighted by molar-refractivity contribution is -0.116. The van der Waals surface area contributed by atoms with E-state index in [-0.39, 0.29) is 5.91 Å². The summed E-state index contributed by atoms with van der Waals surface area (Å²) in [6, 6.07) is 14.8. The van der Waals surface area contributed by atoms with Gasteiger partial charge in [-0.15, -0.1) is 0 Å². The summed E-state index contributed by atoms with van der Waals surface area (Å²) in [5.74, 6) is 0.811. The highest BCUT2D eigenvalue weighted by Gasteiger charge is 2.03. The fourth-order valence-electron chi connectivity index (χ4n) is 1.84. The maximum absolute atomic E-state index is 11.8. The van der Waals surface area contributed by atoms with E-state index in [2.05, 4.69) is 5.32 Å².